The van der Waals surface area contributed by atoms with Crippen LogP contribution in [0.3, 0.4) is 0 Å². The Balaban J connectivity index is 3.27. The van der Waals surface area contributed by atoms with Crippen LogP contribution in [-0.4, -0.2) is 58.6 Å². The fourth-order valence-electron chi connectivity index (χ4n) is 1.03. The first-order valence-electron chi connectivity index (χ1n) is 5.56. The second-order valence-corrected chi connectivity index (χ2v) is 3.53. The van der Waals surface area contributed by atoms with Gasteiger partial charge < -0.3 is 20.1 Å². The van der Waals surface area contributed by atoms with Crippen molar-refractivity contribution >= 4 is 5.91 Å². The number of halogens is 3. The Morgan fingerprint density at radius 2 is 1.94 bits per heavy atom. The van der Waals surface area contributed by atoms with Crippen molar-refractivity contribution in [3.8, 4) is 0 Å². The van der Waals surface area contributed by atoms with Gasteiger partial charge >= 0.3 is 6.18 Å². The van der Waals surface area contributed by atoms with E-state index in [-0.39, 0.29) is 6.54 Å². The molecule has 0 saturated carbocycles. The Bertz CT molecular complexity index is 225. The normalized spacial score (nSPS) is 11.6. The van der Waals surface area contributed by atoms with Gasteiger partial charge in [0, 0.05) is 20.3 Å². The predicted octanol–water partition coefficient (Wildman–Crippen LogP) is 0.308. The molecule has 0 aromatic rings. The van der Waals surface area contributed by atoms with E-state index in [1.807, 2.05) is 5.32 Å². The SMILES string of the molecule is COCCOCCCNC(=O)CNCC(F)(F)F. The number of nitrogens with one attached hydrogen (secondary N) is 2. The molecule has 0 aliphatic rings. The highest BCUT2D eigenvalue weighted by molar-refractivity contribution is 5.77. The van der Waals surface area contributed by atoms with E-state index in [0.717, 1.165) is 0 Å². The van der Waals surface area contributed by atoms with Gasteiger partial charge in [-0.2, -0.15) is 13.2 Å². The molecule has 0 radical (unpaired) electrons. The Hall–Kier alpha value is -0.860. The van der Waals surface area contributed by atoms with Gasteiger partial charge in [-0.3, -0.25) is 4.79 Å². The van der Waals surface area contributed by atoms with E-state index in [4.69, 9.17) is 9.47 Å². The summed E-state index contributed by atoms with van der Waals surface area (Å²) in [5, 5.41) is 4.49. The second-order valence-electron chi connectivity index (χ2n) is 3.53. The van der Waals surface area contributed by atoms with Crippen LogP contribution in [0, 0.1) is 0 Å². The number of hydrogen-bond donors (Lipinski definition) is 2. The molecule has 8 heteroatoms. The number of alkyl halides is 3. The van der Waals surface area contributed by atoms with Crippen LogP contribution >= 0.6 is 0 Å². The lowest BCUT2D eigenvalue weighted by Gasteiger charge is -2.09. The maximum atomic E-state index is 11.7. The molecule has 0 unspecified atom stereocenters. The maximum absolute atomic E-state index is 11.7. The standard InChI is InChI=1S/C10H19F3N2O3/c1-17-5-6-18-4-2-3-15-9(16)7-14-8-10(11,12)13/h14H,2-8H2,1H3,(H,15,16). The maximum Gasteiger partial charge on any atom is 0.401 e. The summed E-state index contributed by atoms with van der Waals surface area (Å²) in [4.78, 5) is 11.1. The summed E-state index contributed by atoms with van der Waals surface area (Å²) in [5.41, 5.74) is 0. The lowest BCUT2D eigenvalue weighted by molar-refractivity contribution is -0.128. The summed E-state index contributed by atoms with van der Waals surface area (Å²) in [7, 11) is 1.57. The highest BCUT2D eigenvalue weighted by Gasteiger charge is 2.26. The molecule has 2 N–H and O–H groups in total. The molecule has 18 heavy (non-hydrogen) atoms. The molecule has 0 atom stereocenters. The fraction of sp³-hybridized carbons (Fsp3) is 0.900. The minimum absolute atomic E-state index is 0.343. The number of amides is 1. The molecule has 0 aromatic heterocycles. The van der Waals surface area contributed by atoms with E-state index in [0.29, 0.717) is 32.8 Å². The molecule has 0 rings (SSSR count). The van der Waals surface area contributed by atoms with E-state index in [1.165, 1.54) is 0 Å². The Morgan fingerprint density at radius 1 is 1.22 bits per heavy atom. The molecule has 0 fully saturated rings. The van der Waals surface area contributed by atoms with E-state index in [1.54, 1.807) is 7.11 Å². The molecular weight excluding hydrogens is 253 g/mol. The zero-order valence-corrected chi connectivity index (χ0v) is 10.3. The van der Waals surface area contributed by atoms with Crippen molar-refractivity contribution in [2.45, 2.75) is 12.6 Å². The molecule has 0 aromatic carbocycles. The number of carbonyl (C=O) groups is 1. The van der Waals surface area contributed by atoms with Crippen LogP contribution in [0.4, 0.5) is 13.2 Å². The van der Waals surface area contributed by atoms with Crippen LogP contribution in [0.1, 0.15) is 6.42 Å². The van der Waals surface area contributed by atoms with Gasteiger partial charge in [-0.15, -0.1) is 0 Å². The van der Waals surface area contributed by atoms with Crippen molar-refractivity contribution in [1.29, 1.82) is 0 Å². The van der Waals surface area contributed by atoms with Crippen LogP contribution in [-0.2, 0) is 14.3 Å². The molecule has 0 aliphatic carbocycles. The van der Waals surface area contributed by atoms with Crippen LogP contribution in [0.25, 0.3) is 0 Å². The third kappa shape index (κ3) is 13.2. The quantitative estimate of drug-likeness (QED) is 0.562. The topological polar surface area (TPSA) is 59.6 Å². The summed E-state index contributed by atoms with van der Waals surface area (Å²) < 4.78 is 45.1. The number of hydrogen-bond acceptors (Lipinski definition) is 4. The first-order chi connectivity index (χ1) is 8.45. The third-order valence-corrected chi connectivity index (χ3v) is 1.83. The van der Waals surface area contributed by atoms with E-state index in [9.17, 15) is 18.0 Å². The molecule has 0 saturated heterocycles. The zero-order valence-electron chi connectivity index (χ0n) is 10.3. The van der Waals surface area contributed by atoms with E-state index < -0.39 is 18.6 Å². The summed E-state index contributed by atoms with van der Waals surface area (Å²) >= 11 is 0. The van der Waals surface area contributed by atoms with Crippen molar-refractivity contribution in [2.24, 2.45) is 0 Å². The number of methoxy groups -OCH3 is 1. The smallest absolute Gasteiger partial charge is 0.382 e. The van der Waals surface area contributed by atoms with Gasteiger partial charge in [0.05, 0.1) is 26.3 Å². The van der Waals surface area contributed by atoms with Crippen LogP contribution in [0.5, 0.6) is 0 Å². The van der Waals surface area contributed by atoms with Gasteiger partial charge in [-0.1, -0.05) is 0 Å². The van der Waals surface area contributed by atoms with Gasteiger partial charge in [0.1, 0.15) is 0 Å². The summed E-state index contributed by atoms with van der Waals surface area (Å²) in [6.07, 6.45) is -3.69. The van der Waals surface area contributed by atoms with Gasteiger partial charge in [-0.05, 0) is 6.42 Å². The molecule has 0 aliphatic heterocycles. The average molecular weight is 272 g/mol. The largest absolute Gasteiger partial charge is 0.401 e. The molecule has 0 bridgehead atoms. The van der Waals surface area contributed by atoms with Crippen LogP contribution in [0.15, 0.2) is 0 Å². The van der Waals surface area contributed by atoms with Crippen LogP contribution in [0.2, 0.25) is 0 Å². The summed E-state index contributed by atoms with van der Waals surface area (Å²) in [5.74, 6) is -0.462. The summed E-state index contributed by atoms with van der Waals surface area (Å²) in [6, 6.07) is 0. The molecule has 5 nitrogen and oxygen atoms in total. The van der Waals surface area contributed by atoms with E-state index >= 15 is 0 Å². The third-order valence-electron chi connectivity index (χ3n) is 1.83. The van der Waals surface area contributed by atoms with Crippen LogP contribution < -0.4 is 10.6 Å². The van der Waals surface area contributed by atoms with Gasteiger partial charge in [0.15, 0.2) is 0 Å². The highest BCUT2D eigenvalue weighted by atomic mass is 19.4. The Morgan fingerprint density at radius 3 is 2.56 bits per heavy atom. The van der Waals surface area contributed by atoms with Crippen molar-refractivity contribution in [3.63, 3.8) is 0 Å². The van der Waals surface area contributed by atoms with Crippen molar-refractivity contribution in [2.75, 3.05) is 46.6 Å². The average Bonchev–Trinajstić information content (AvgIpc) is 2.26. The second kappa shape index (κ2) is 10.1. The van der Waals surface area contributed by atoms with Crippen molar-refractivity contribution < 1.29 is 27.4 Å². The summed E-state index contributed by atoms with van der Waals surface area (Å²) in [6.45, 7) is 0.328. The number of rotatable bonds is 10. The molecular formula is C10H19F3N2O3. The highest BCUT2D eigenvalue weighted by Crippen LogP contribution is 2.11. The van der Waals surface area contributed by atoms with Crippen molar-refractivity contribution in [3.05, 3.63) is 0 Å². The molecule has 0 heterocycles. The molecule has 1 amide bonds. The van der Waals surface area contributed by atoms with Gasteiger partial charge in [0.2, 0.25) is 5.91 Å². The lowest BCUT2D eigenvalue weighted by Crippen LogP contribution is -2.38. The first-order valence-corrected chi connectivity index (χ1v) is 5.56. The van der Waals surface area contributed by atoms with Gasteiger partial charge in [-0.25, -0.2) is 0 Å². The van der Waals surface area contributed by atoms with Crippen molar-refractivity contribution in [1.82, 2.24) is 10.6 Å². The minimum Gasteiger partial charge on any atom is -0.382 e. The first kappa shape index (κ1) is 17.1. The zero-order chi connectivity index (χ0) is 13.9. The monoisotopic (exact) mass is 272 g/mol. The number of carbonyl (C=O) groups excluding carboxylic acids is 1. The lowest BCUT2D eigenvalue weighted by atomic mass is 10.4. The number of ether oxygens (including phenoxy) is 2. The minimum atomic E-state index is -4.30. The Labute approximate surface area is 104 Å². The Kier molecular flexibility index (Phi) is 9.62. The van der Waals surface area contributed by atoms with Gasteiger partial charge in [0.25, 0.3) is 0 Å². The predicted molar refractivity (Wildman–Crippen MR) is 59.2 cm³/mol. The molecule has 108 valence electrons. The fourth-order valence-corrected chi connectivity index (χ4v) is 1.03. The molecule has 0 spiro atoms. The van der Waals surface area contributed by atoms with E-state index in [2.05, 4.69) is 5.32 Å².